The van der Waals surface area contributed by atoms with Gasteiger partial charge in [0.25, 0.3) is 0 Å². The van der Waals surface area contributed by atoms with E-state index in [1.54, 1.807) is 0 Å². The predicted octanol–water partition coefficient (Wildman–Crippen LogP) is 3.15. The van der Waals surface area contributed by atoms with E-state index in [4.69, 9.17) is 4.74 Å². The summed E-state index contributed by atoms with van der Waals surface area (Å²) < 4.78 is 5.00. The van der Waals surface area contributed by atoms with Crippen molar-refractivity contribution in [1.29, 1.82) is 0 Å². The number of esters is 1. The molecule has 2 aromatic rings. The van der Waals surface area contributed by atoms with Crippen LogP contribution in [0.2, 0.25) is 0 Å². The molecule has 0 atom stereocenters. The molecule has 0 saturated heterocycles. The van der Waals surface area contributed by atoms with Gasteiger partial charge in [0.1, 0.15) is 9.52 Å². The van der Waals surface area contributed by atoms with E-state index in [1.807, 2.05) is 13.0 Å². The molecular formula is C21H24O2Si. The van der Waals surface area contributed by atoms with Crippen molar-refractivity contribution >= 4 is 31.9 Å². The SMILES string of the molecule is CCOC(=O)C=Cc1c(C)ccc(C)c1[Si]c1cccc(C)c1C. The molecule has 0 fully saturated rings. The first kappa shape index (κ1) is 18.2. The molecule has 2 nitrogen and oxygen atoms in total. The number of carbonyl (C=O) groups excluding carboxylic acids is 1. The van der Waals surface area contributed by atoms with E-state index >= 15 is 0 Å². The van der Waals surface area contributed by atoms with Gasteiger partial charge in [0.05, 0.1) is 6.61 Å². The molecule has 24 heavy (non-hydrogen) atoms. The molecule has 0 aliphatic heterocycles. The third-order valence-corrected chi connectivity index (χ3v) is 5.93. The van der Waals surface area contributed by atoms with Crippen molar-refractivity contribution in [3.05, 3.63) is 64.2 Å². The quantitative estimate of drug-likeness (QED) is 0.476. The van der Waals surface area contributed by atoms with Gasteiger partial charge in [-0.05, 0) is 68.1 Å². The number of carbonyl (C=O) groups is 1. The van der Waals surface area contributed by atoms with Gasteiger partial charge in [-0.15, -0.1) is 0 Å². The van der Waals surface area contributed by atoms with Crippen LogP contribution in [0, 0.1) is 27.7 Å². The zero-order valence-corrected chi connectivity index (χ0v) is 16.1. The Morgan fingerprint density at radius 1 is 1.04 bits per heavy atom. The average molecular weight is 337 g/mol. The number of hydrogen-bond acceptors (Lipinski definition) is 2. The maximum absolute atomic E-state index is 11.7. The molecule has 0 heterocycles. The van der Waals surface area contributed by atoms with Crippen molar-refractivity contribution in [3.8, 4) is 0 Å². The summed E-state index contributed by atoms with van der Waals surface area (Å²) in [7, 11) is 0.567. The lowest BCUT2D eigenvalue weighted by molar-refractivity contribution is -0.137. The second-order valence-electron chi connectivity index (χ2n) is 5.95. The van der Waals surface area contributed by atoms with Gasteiger partial charge < -0.3 is 4.74 Å². The second kappa shape index (κ2) is 8.11. The summed E-state index contributed by atoms with van der Waals surface area (Å²) in [6.07, 6.45) is 3.43. The Morgan fingerprint density at radius 3 is 2.46 bits per heavy atom. The Labute approximate surface area is 147 Å². The van der Waals surface area contributed by atoms with Crippen LogP contribution in [0.15, 0.2) is 36.4 Å². The van der Waals surface area contributed by atoms with E-state index < -0.39 is 0 Å². The summed E-state index contributed by atoms with van der Waals surface area (Å²) in [5, 5.41) is 2.65. The van der Waals surface area contributed by atoms with Crippen LogP contribution in [0.3, 0.4) is 0 Å². The minimum absolute atomic E-state index is 0.292. The minimum Gasteiger partial charge on any atom is -0.463 e. The summed E-state index contributed by atoms with van der Waals surface area (Å²) in [6, 6.07) is 10.7. The number of hydrogen-bond donors (Lipinski definition) is 0. The van der Waals surface area contributed by atoms with Crippen LogP contribution in [-0.4, -0.2) is 22.1 Å². The van der Waals surface area contributed by atoms with Gasteiger partial charge in [0, 0.05) is 6.08 Å². The minimum atomic E-state index is -0.292. The molecule has 0 unspecified atom stereocenters. The Morgan fingerprint density at radius 2 is 1.75 bits per heavy atom. The van der Waals surface area contributed by atoms with Gasteiger partial charge in [0.2, 0.25) is 0 Å². The highest BCUT2D eigenvalue weighted by Gasteiger charge is 2.11. The molecule has 0 aliphatic carbocycles. The van der Waals surface area contributed by atoms with E-state index in [0.29, 0.717) is 16.1 Å². The molecular weight excluding hydrogens is 312 g/mol. The average Bonchev–Trinajstić information content (AvgIpc) is 2.54. The van der Waals surface area contributed by atoms with Gasteiger partial charge in [-0.1, -0.05) is 41.1 Å². The number of benzene rings is 2. The smallest absolute Gasteiger partial charge is 0.330 e. The van der Waals surface area contributed by atoms with Crippen molar-refractivity contribution < 1.29 is 9.53 Å². The zero-order valence-electron chi connectivity index (χ0n) is 15.1. The molecule has 0 aliphatic rings. The van der Waals surface area contributed by atoms with Crippen LogP contribution in [0.5, 0.6) is 0 Å². The standard InChI is InChI=1S/C21H24O2Si/c1-6-23-20(22)13-12-18-15(3)10-11-16(4)21(18)24-19-9-7-8-14(2)17(19)5/h7-13H,6H2,1-5H3. The lowest BCUT2D eigenvalue weighted by atomic mass is 10.0. The summed E-state index contributed by atoms with van der Waals surface area (Å²) in [5.74, 6) is -0.292. The third-order valence-electron chi connectivity index (χ3n) is 4.21. The summed E-state index contributed by atoms with van der Waals surface area (Å²) in [6.45, 7) is 10.8. The lowest BCUT2D eigenvalue weighted by Gasteiger charge is -2.14. The number of aryl methyl sites for hydroxylation is 3. The number of rotatable bonds is 5. The van der Waals surface area contributed by atoms with Gasteiger partial charge >= 0.3 is 5.97 Å². The Balaban J connectivity index is 2.44. The Kier molecular flexibility index (Phi) is 6.15. The van der Waals surface area contributed by atoms with E-state index in [-0.39, 0.29) is 5.97 Å². The second-order valence-corrected chi connectivity index (χ2v) is 7.23. The molecule has 2 rings (SSSR count). The fourth-order valence-electron chi connectivity index (χ4n) is 2.58. The Hall–Kier alpha value is -2.13. The summed E-state index contributed by atoms with van der Waals surface area (Å²) >= 11 is 0. The van der Waals surface area contributed by atoms with Crippen LogP contribution >= 0.6 is 0 Å². The highest BCUT2D eigenvalue weighted by molar-refractivity contribution is 6.69. The Bertz CT molecular complexity index is 776. The largest absolute Gasteiger partial charge is 0.463 e. The normalized spacial score (nSPS) is 11.0. The zero-order chi connectivity index (χ0) is 17.7. The van der Waals surface area contributed by atoms with Crippen LogP contribution in [-0.2, 0) is 9.53 Å². The molecule has 0 spiro atoms. The highest BCUT2D eigenvalue weighted by atomic mass is 28.2. The monoisotopic (exact) mass is 336 g/mol. The van der Waals surface area contributed by atoms with E-state index in [2.05, 4.69) is 58.0 Å². The van der Waals surface area contributed by atoms with Crippen molar-refractivity contribution in [2.24, 2.45) is 0 Å². The molecule has 0 bridgehead atoms. The molecule has 124 valence electrons. The molecule has 2 aromatic carbocycles. The van der Waals surface area contributed by atoms with Crippen molar-refractivity contribution in [3.63, 3.8) is 0 Å². The fourth-order valence-corrected chi connectivity index (χ4v) is 4.11. The van der Waals surface area contributed by atoms with Crippen molar-refractivity contribution in [1.82, 2.24) is 0 Å². The van der Waals surface area contributed by atoms with Gasteiger partial charge in [0.15, 0.2) is 0 Å². The van der Waals surface area contributed by atoms with Crippen molar-refractivity contribution in [2.45, 2.75) is 34.6 Å². The molecule has 2 radical (unpaired) electrons. The van der Waals surface area contributed by atoms with Crippen molar-refractivity contribution in [2.75, 3.05) is 6.61 Å². The molecule has 0 N–H and O–H groups in total. The molecule has 3 heteroatoms. The first-order valence-electron chi connectivity index (χ1n) is 8.22. The first-order chi connectivity index (χ1) is 11.4. The third kappa shape index (κ3) is 4.23. The number of ether oxygens (including phenoxy) is 1. The van der Waals surface area contributed by atoms with E-state index in [1.165, 1.54) is 38.7 Å². The molecule has 0 amide bonds. The molecule has 0 saturated carbocycles. The molecule has 0 aromatic heterocycles. The van der Waals surface area contributed by atoms with Crippen LogP contribution < -0.4 is 10.4 Å². The topological polar surface area (TPSA) is 26.3 Å². The van der Waals surface area contributed by atoms with Crippen LogP contribution in [0.1, 0.15) is 34.7 Å². The fraction of sp³-hybridized carbons (Fsp3) is 0.286. The van der Waals surface area contributed by atoms with E-state index in [0.717, 1.165) is 5.56 Å². The maximum Gasteiger partial charge on any atom is 0.330 e. The predicted molar refractivity (Wildman–Crippen MR) is 103 cm³/mol. The highest BCUT2D eigenvalue weighted by Crippen LogP contribution is 2.11. The van der Waals surface area contributed by atoms with E-state index in [9.17, 15) is 4.79 Å². The maximum atomic E-state index is 11.7. The summed E-state index contributed by atoms with van der Waals surface area (Å²) in [5.41, 5.74) is 6.21. The first-order valence-corrected chi connectivity index (χ1v) is 9.22. The summed E-state index contributed by atoms with van der Waals surface area (Å²) in [4.78, 5) is 11.7. The van der Waals surface area contributed by atoms with Gasteiger partial charge in [-0.25, -0.2) is 4.79 Å². The van der Waals surface area contributed by atoms with Crippen LogP contribution in [0.25, 0.3) is 6.08 Å². The van der Waals surface area contributed by atoms with Gasteiger partial charge in [-0.3, -0.25) is 0 Å². The van der Waals surface area contributed by atoms with Gasteiger partial charge in [-0.2, -0.15) is 0 Å². The lowest BCUT2D eigenvalue weighted by Crippen LogP contribution is -2.33. The van der Waals surface area contributed by atoms with Crippen LogP contribution in [0.4, 0.5) is 0 Å².